The zero-order valence-corrected chi connectivity index (χ0v) is 22.0. The van der Waals surface area contributed by atoms with Crippen LogP contribution in [0.3, 0.4) is 0 Å². The third-order valence-electron chi connectivity index (χ3n) is 12.2. The van der Waals surface area contributed by atoms with E-state index < -0.39 is 0 Å². The fourth-order valence-corrected chi connectivity index (χ4v) is 10.4. The lowest BCUT2D eigenvalue weighted by Gasteiger charge is -2.54. The van der Waals surface area contributed by atoms with Gasteiger partial charge in [-0.25, -0.2) is 0 Å². The van der Waals surface area contributed by atoms with E-state index in [4.69, 9.17) is 0 Å². The van der Waals surface area contributed by atoms with Crippen LogP contribution < -0.4 is 0 Å². The van der Waals surface area contributed by atoms with Crippen molar-refractivity contribution in [2.24, 2.45) is 40.9 Å². The minimum Gasteiger partial charge on any atom is -0.393 e. The number of carbonyl (C=O) groups is 1. The molecule has 2 bridgehead atoms. The predicted molar refractivity (Wildman–Crippen MR) is 141 cm³/mol. The van der Waals surface area contributed by atoms with Crippen LogP contribution in [-0.4, -0.2) is 17.0 Å². The lowest BCUT2D eigenvalue weighted by atomic mass is 9.50. The zero-order chi connectivity index (χ0) is 23.9. The van der Waals surface area contributed by atoms with Gasteiger partial charge in [-0.05, 0) is 136 Å². The van der Waals surface area contributed by atoms with Crippen LogP contribution in [0.2, 0.25) is 0 Å². The maximum absolute atomic E-state index is 12.3. The van der Waals surface area contributed by atoms with E-state index in [2.05, 4.69) is 19.9 Å². The first-order valence-corrected chi connectivity index (χ1v) is 15.0. The first-order valence-electron chi connectivity index (χ1n) is 15.0. The van der Waals surface area contributed by atoms with E-state index in [0.717, 1.165) is 37.0 Å². The highest BCUT2D eigenvalue weighted by Gasteiger charge is 2.57. The molecule has 0 aromatic rings. The molecule has 188 valence electrons. The second kappa shape index (κ2) is 8.30. The normalized spacial score (nSPS) is 44.8. The van der Waals surface area contributed by atoms with Gasteiger partial charge in [0.15, 0.2) is 5.78 Å². The second-order valence-electron chi connectivity index (χ2n) is 13.5. The molecule has 0 aromatic heterocycles. The van der Waals surface area contributed by atoms with Crippen LogP contribution in [-0.2, 0) is 4.79 Å². The molecule has 0 radical (unpaired) electrons. The molecule has 2 heteroatoms. The van der Waals surface area contributed by atoms with Crippen LogP contribution in [0.25, 0.3) is 0 Å². The maximum Gasteiger partial charge on any atom is 0.156 e. The highest BCUT2D eigenvalue weighted by atomic mass is 16.3. The van der Waals surface area contributed by atoms with Crippen molar-refractivity contribution in [1.29, 1.82) is 0 Å². The third kappa shape index (κ3) is 3.34. The summed E-state index contributed by atoms with van der Waals surface area (Å²) in [7, 11) is 0. The first-order chi connectivity index (χ1) is 17.0. The summed E-state index contributed by atoms with van der Waals surface area (Å²) in [4.78, 5) is 12.3. The first kappa shape index (κ1) is 22.8. The van der Waals surface area contributed by atoms with Crippen LogP contribution in [0.15, 0.2) is 45.6 Å². The highest BCUT2D eigenvalue weighted by molar-refractivity contribution is 5.93. The Morgan fingerprint density at radius 2 is 1.77 bits per heavy atom. The molecular formula is C33H44O2. The Balaban J connectivity index is 1.18. The topological polar surface area (TPSA) is 37.3 Å². The van der Waals surface area contributed by atoms with E-state index >= 15 is 0 Å². The Labute approximate surface area is 212 Å². The van der Waals surface area contributed by atoms with Crippen molar-refractivity contribution in [2.45, 2.75) is 110 Å². The zero-order valence-electron chi connectivity index (χ0n) is 22.0. The molecule has 0 amide bonds. The lowest BCUT2D eigenvalue weighted by Crippen LogP contribution is -2.48. The van der Waals surface area contributed by atoms with Crippen molar-refractivity contribution in [1.82, 2.24) is 0 Å². The van der Waals surface area contributed by atoms with Gasteiger partial charge in [-0.15, -0.1) is 0 Å². The van der Waals surface area contributed by atoms with Crippen LogP contribution >= 0.6 is 0 Å². The van der Waals surface area contributed by atoms with Crippen LogP contribution in [0.4, 0.5) is 0 Å². The molecule has 7 aliphatic carbocycles. The number of aliphatic hydroxyl groups excluding tert-OH is 1. The van der Waals surface area contributed by atoms with Gasteiger partial charge in [0.1, 0.15) is 0 Å². The number of rotatable bonds is 3. The fraction of sp³-hybridized carbons (Fsp3) is 0.727. The summed E-state index contributed by atoms with van der Waals surface area (Å²) in [5.74, 6) is 4.72. The van der Waals surface area contributed by atoms with Gasteiger partial charge < -0.3 is 5.11 Å². The summed E-state index contributed by atoms with van der Waals surface area (Å²) in [5, 5.41) is 11.2. The van der Waals surface area contributed by atoms with Crippen molar-refractivity contribution in [3.63, 3.8) is 0 Å². The third-order valence-corrected chi connectivity index (χ3v) is 12.2. The monoisotopic (exact) mass is 472 g/mol. The predicted octanol–water partition coefficient (Wildman–Crippen LogP) is 7.64. The average Bonchev–Trinajstić information content (AvgIpc) is 3.17. The van der Waals surface area contributed by atoms with Crippen LogP contribution in [0, 0.1) is 40.9 Å². The summed E-state index contributed by atoms with van der Waals surface area (Å²) in [6.07, 6.45) is 21.1. The highest BCUT2D eigenvalue weighted by Crippen LogP contribution is 2.64. The van der Waals surface area contributed by atoms with Crippen molar-refractivity contribution in [3.8, 4) is 0 Å². The van der Waals surface area contributed by atoms with Gasteiger partial charge in [-0.1, -0.05) is 42.2 Å². The standard InChI is InChI=1S/C33H44O2/c1-3-19-4-9-23-17-27(19)31(23)21-7-5-20(6-8-21)28-18-33(2)29(14-15-30(33)35)26-12-10-22-16-24(34)11-13-25(22)32(26)28/h9,16,20-21,26,28-31,35H,3-8,10-15,17-18H2,1-2H3. The van der Waals surface area contributed by atoms with E-state index in [9.17, 15) is 9.90 Å². The molecule has 0 aromatic carbocycles. The summed E-state index contributed by atoms with van der Waals surface area (Å²) >= 11 is 0. The van der Waals surface area contributed by atoms with Gasteiger partial charge >= 0.3 is 0 Å². The molecule has 0 spiro atoms. The van der Waals surface area contributed by atoms with Crippen molar-refractivity contribution in [2.75, 3.05) is 0 Å². The van der Waals surface area contributed by atoms with E-state index in [1.807, 2.05) is 11.6 Å². The lowest BCUT2D eigenvalue weighted by molar-refractivity contribution is -0.114. The largest absolute Gasteiger partial charge is 0.393 e. The summed E-state index contributed by atoms with van der Waals surface area (Å²) in [5.41, 5.74) is 10.2. The molecule has 35 heavy (non-hydrogen) atoms. The van der Waals surface area contributed by atoms with Crippen molar-refractivity contribution < 1.29 is 9.90 Å². The van der Waals surface area contributed by atoms with E-state index in [1.165, 1.54) is 69.8 Å². The molecule has 0 heterocycles. The van der Waals surface area contributed by atoms with Gasteiger partial charge in [-0.2, -0.15) is 0 Å². The second-order valence-corrected chi connectivity index (χ2v) is 13.5. The Hall–Kier alpha value is -1.41. The molecule has 0 aliphatic heterocycles. The van der Waals surface area contributed by atoms with Crippen LogP contribution in [0.1, 0.15) is 104 Å². The summed E-state index contributed by atoms with van der Waals surface area (Å²) in [6.45, 7) is 4.78. The molecule has 0 saturated heterocycles. The SMILES string of the molecule is CCC1=C2CC(=CC1)C2C1CCC(C2CC3(C)C(O)CCC3C3CCC4=CC(=O)CCC4=C23)CC1. The van der Waals surface area contributed by atoms with Crippen molar-refractivity contribution >= 4 is 5.78 Å². The number of carbonyl (C=O) groups excluding carboxylic acids is 1. The van der Waals surface area contributed by atoms with Gasteiger partial charge in [0, 0.05) is 12.3 Å². The summed E-state index contributed by atoms with van der Waals surface area (Å²) in [6, 6.07) is 0. The number of aliphatic hydroxyl groups is 1. The smallest absolute Gasteiger partial charge is 0.156 e. The minimum absolute atomic E-state index is 0.0958. The fourth-order valence-electron chi connectivity index (χ4n) is 10.4. The van der Waals surface area contributed by atoms with E-state index in [1.54, 1.807) is 22.3 Å². The molecule has 7 rings (SSSR count). The molecule has 4 fully saturated rings. The minimum atomic E-state index is -0.122. The van der Waals surface area contributed by atoms with Crippen LogP contribution in [0.5, 0.6) is 0 Å². The summed E-state index contributed by atoms with van der Waals surface area (Å²) < 4.78 is 0. The molecule has 4 saturated carbocycles. The van der Waals surface area contributed by atoms with Gasteiger partial charge in [0.2, 0.25) is 0 Å². The molecule has 2 nitrogen and oxygen atoms in total. The van der Waals surface area contributed by atoms with Gasteiger partial charge in [0.05, 0.1) is 6.10 Å². The molecular weight excluding hydrogens is 428 g/mol. The average molecular weight is 473 g/mol. The number of hydrogen-bond donors (Lipinski definition) is 1. The van der Waals surface area contributed by atoms with Gasteiger partial charge in [-0.3, -0.25) is 4.79 Å². The molecule has 1 N–H and O–H groups in total. The Morgan fingerprint density at radius 1 is 0.971 bits per heavy atom. The van der Waals surface area contributed by atoms with E-state index in [0.29, 0.717) is 30.0 Å². The molecule has 7 aliphatic rings. The number of ketones is 1. The Morgan fingerprint density at radius 3 is 2.54 bits per heavy atom. The quantitative estimate of drug-likeness (QED) is 0.428. The Bertz CT molecular complexity index is 1060. The molecule has 6 unspecified atom stereocenters. The molecule has 6 atom stereocenters. The Kier molecular flexibility index (Phi) is 5.40. The van der Waals surface area contributed by atoms with E-state index in [-0.39, 0.29) is 11.5 Å². The number of hydrogen-bond acceptors (Lipinski definition) is 2. The van der Waals surface area contributed by atoms with Gasteiger partial charge in [0.25, 0.3) is 0 Å². The number of fused-ring (bicyclic) bond motifs is 6. The van der Waals surface area contributed by atoms with Crippen molar-refractivity contribution in [3.05, 3.63) is 45.6 Å². The maximum atomic E-state index is 12.3. The number of allylic oxidation sites excluding steroid dienone is 8.